The lowest BCUT2D eigenvalue weighted by Crippen LogP contribution is -2.53. The summed E-state index contributed by atoms with van der Waals surface area (Å²) in [6.45, 7) is 13.9. The molecule has 1 fully saturated rings. The summed E-state index contributed by atoms with van der Waals surface area (Å²) >= 11 is 0. The van der Waals surface area contributed by atoms with E-state index < -0.39 is 0 Å². The maximum Gasteiger partial charge on any atom is 0.0591 e. The van der Waals surface area contributed by atoms with Gasteiger partial charge in [0.15, 0.2) is 0 Å². The highest BCUT2D eigenvalue weighted by molar-refractivity contribution is 4.90. The molecule has 0 spiro atoms. The van der Waals surface area contributed by atoms with E-state index in [1.165, 1.54) is 6.42 Å². The van der Waals surface area contributed by atoms with Crippen LogP contribution in [0.1, 0.15) is 34.1 Å². The molecule has 0 aromatic carbocycles. The molecule has 1 atom stereocenters. The van der Waals surface area contributed by atoms with Crippen LogP contribution in [0.4, 0.5) is 0 Å². The van der Waals surface area contributed by atoms with E-state index in [1.807, 2.05) is 0 Å². The van der Waals surface area contributed by atoms with Gasteiger partial charge in [-0.2, -0.15) is 0 Å². The van der Waals surface area contributed by atoms with Crippen molar-refractivity contribution < 1.29 is 4.74 Å². The Bertz CT molecular complexity index is 192. The van der Waals surface area contributed by atoms with Crippen LogP contribution in [0, 0.1) is 11.3 Å². The summed E-state index contributed by atoms with van der Waals surface area (Å²) in [5.74, 6) is 0.635. The molecule has 1 aliphatic rings. The van der Waals surface area contributed by atoms with Crippen LogP contribution in [0.3, 0.4) is 0 Å². The molecule has 1 aliphatic heterocycles. The Kier molecular flexibility index (Phi) is 5.73. The monoisotopic (exact) mass is 228 g/mol. The first-order chi connectivity index (χ1) is 7.52. The minimum absolute atomic E-state index is 0.357. The third kappa shape index (κ3) is 4.81. The van der Waals surface area contributed by atoms with Gasteiger partial charge in [-0.05, 0) is 24.3 Å². The molecule has 3 heteroatoms. The molecule has 1 heterocycles. The number of rotatable bonds is 6. The van der Waals surface area contributed by atoms with Gasteiger partial charge in [-0.15, -0.1) is 0 Å². The topological polar surface area (TPSA) is 33.3 Å². The maximum atomic E-state index is 5.58. The van der Waals surface area contributed by atoms with Gasteiger partial charge in [0.05, 0.1) is 6.61 Å². The second kappa shape index (κ2) is 6.58. The van der Waals surface area contributed by atoms with Gasteiger partial charge in [0.1, 0.15) is 0 Å². The molecular formula is C13H28N2O. The highest BCUT2D eigenvalue weighted by Gasteiger charge is 2.31. The Morgan fingerprint density at radius 3 is 2.81 bits per heavy atom. The Labute approximate surface area is 100 Å². The Morgan fingerprint density at radius 1 is 1.44 bits per heavy atom. The van der Waals surface area contributed by atoms with Gasteiger partial charge in [-0.1, -0.05) is 27.7 Å². The van der Waals surface area contributed by atoms with Crippen molar-refractivity contribution in [3.05, 3.63) is 0 Å². The van der Waals surface area contributed by atoms with Crippen molar-refractivity contribution in [3.63, 3.8) is 0 Å². The smallest absolute Gasteiger partial charge is 0.0591 e. The Morgan fingerprint density at radius 2 is 2.19 bits per heavy atom. The molecule has 3 nitrogen and oxygen atoms in total. The summed E-state index contributed by atoms with van der Waals surface area (Å²) in [6, 6.07) is 0.622. The fraction of sp³-hybridized carbons (Fsp3) is 1.00. The number of hydrogen-bond acceptors (Lipinski definition) is 3. The molecule has 1 unspecified atom stereocenters. The molecule has 0 radical (unpaired) electrons. The average molecular weight is 228 g/mol. The van der Waals surface area contributed by atoms with Gasteiger partial charge >= 0.3 is 0 Å². The highest BCUT2D eigenvalue weighted by Crippen LogP contribution is 2.24. The van der Waals surface area contributed by atoms with Gasteiger partial charge in [-0.25, -0.2) is 0 Å². The molecule has 16 heavy (non-hydrogen) atoms. The quantitative estimate of drug-likeness (QED) is 0.678. The fourth-order valence-electron chi connectivity index (χ4n) is 2.17. The first kappa shape index (κ1) is 13.9. The van der Waals surface area contributed by atoms with Crippen molar-refractivity contribution in [1.29, 1.82) is 0 Å². The van der Waals surface area contributed by atoms with E-state index in [-0.39, 0.29) is 0 Å². The van der Waals surface area contributed by atoms with E-state index in [2.05, 4.69) is 38.3 Å². The van der Waals surface area contributed by atoms with Crippen molar-refractivity contribution in [1.82, 2.24) is 10.6 Å². The van der Waals surface area contributed by atoms with Crippen LogP contribution in [-0.2, 0) is 4.74 Å². The predicted molar refractivity (Wildman–Crippen MR) is 68.7 cm³/mol. The van der Waals surface area contributed by atoms with Crippen LogP contribution in [0.15, 0.2) is 0 Å². The highest BCUT2D eigenvalue weighted by atomic mass is 16.5. The fourth-order valence-corrected chi connectivity index (χ4v) is 2.17. The Balaban J connectivity index is 2.11. The molecule has 1 saturated heterocycles. The van der Waals surface area contributed by atoms with Crippen molar-refractivity contribution >= 4 is 0 Å². The van der Waals surface area contributed by atoms with Gasteiger partial charge < -0.3 is 15.4 Å². The van der Waals surface area contributed by atoms with Gasteiger partial charge in [-0.3, -0.25) is 0 Å². The van der Waals surface area contributed by atoms with Crippen LogP contribution in [-0.4, -0.2) is 38.9 Å². The van der Waals surface area contributed by atoms with Gasteiger partial charge in [0, 0.05) is 25.7 Å². The summed E-state index contributed by atoms with van der Waals surface area (Å²) in [6.07, 6.45) is 1.22. The molecule has 0 aromatic rings. The second-order valence-corrected chi connectivity index (χ2v) is 5.93. The Hall–Kier alpha value is -0.120. The zero-order valence-electron chi connectivity index (χ0n) is 11.3. The summed E-state index contributed by atoms with van der Waals surface area (Å²) in [5, 5.41) is 7.07. The summed E-state index contributed by atoms with van der Waals surface area (Å²) in [4.78, 5) is 0. The summed E-state index contributed by atoms with van der Waals surface area (Å²) < 4.78 is 5.58. The maximum absolute atomic E-state index is 5.58. The van der Waals surface area contributed by atoms with Crippen LogP contribution in [0.5, 0.6) is 0 Å². The molecule has 2 N–H and O–H groups in total. The lowest BCUT2D eigenvalue weighted by atomic mass is 9.80. The second-order valence-electron chi connectivity index (χ2n) is 5.93. The minimum Gasteiger partial charge on any atom is -0.380 e. The SMILES string of the molecule is CC(C)COCCNC1CCNCC1(C)C. The van der Waals surface area contributed by atoms with E-state index in [9.17, 15) is 0 Å². The third-order valence-electron chi connectivity index (χ3n) is 3.22. The third-order valence-corrected chi connectivity index (χ3v) is 3.22. The number of piperidine rings is 1. The number of ether oxygens (including phenoxy) is 1. The first-order valence-corrected chi connectivity index (χ1v) is 6.54. The number of hydrogen-bond donors (Lipinski definition) is 2. The molecule has 0 saturated carbocycles. The molecule has 0 bridgehead atoms. The van der Waals surface area contributed by atoms with Crippen molar-refractivity contribution in [2.75, 3.05) is 32.8 Å². The van der Waals surface area contributed by atoms with E-state index in [0.29, 0.717) is 17.4 Å². The van der Waals surface area contributed by atoms with E-state index in [1.54, 1.807) is 0 Å². The largest absolute Gasteiger partial charge is 0.380 e. The van der Waals surface area contributed by atoms with Crippen molar-refractivity contribution in [2.45, 2.75) is 40.2 Å². The number of nitrogens with one attached hydrogen (secondary N) is 2. The zero-order valence-corrected chi connectivity index (χ0v) is 11.3. The lowest BCUT2D eigenvalue weighted by molar-refractivity contribution is 0.100. The average Bonchev–Trinajstić information content (AvgIpc) is 2.19. The van der Waals surface area contributed by atoms with Crippen LogP contribution < -0.4 is 10.6 Å². The molecule has 0 amide bonds. The van der Waals surface area contributed by atoms with Crippen molar-refractivity contribution in [2.24, 2.45) is 11.3 Å². The molecule has 1 rings (SSSR count). The van der Waals surface area contributed by atoms with Gasteiger partial charge in [0.2, 0.25) is 0 Å². The molecular weight excluding hydrogens is 200 g/mol. The lowest BCUT2D eigenvalue weighted by Gasteiger charge is -2.39. The molecule has 96 valence electrons. The zero-order chi connectivity index (χ0) is 12.0. The predicted octanol–water partition coefficient (Wildman–Crippen LogP) is 1.64. The van der Waals surface area contributed by atoms with Crippen LogP contribution >= 0.6 is 0 Å². The van der Waals surface area contributed by atoms with Crippen molar-refractivity contribution in [3.8, 4) is 0 Å². The van der Waals surface area contributed by atoms with Crippen LogP contribution in [0.2, 0.25) is 0 Å². The standard InChI is InChI=1S/C13H28N2O/c1-11(2)9-16-8-7-15-12-5-6-14-10-13(12,3)4/h11-12,14-15H,5-10H2,1-4H3. The normalized spacial score (nSPS) is 24.9. The van der Waals surface area contributed by atoms with Gasteiger partial charge in [0.25, 0.3) is 0 Å². The summed E-state index contributed by atoms with van der Waals surface area (Å²) in [5.41, 5.74) is 0.357. The summed E-state index contributed by atoms with van der Waals surface area (Å²) in [7, 11) is 0. The molecule has 0 aliphatic carbocycles. The first-order valence-electron chi connectivity index (χ1n) is 6.54. The van der Waals surface area contributed by atoms with E-state index >= 15 is 0 Å². The minimum atomic E-state index is 0.357. The van der Waals surface area contributed by atoms with E-state index in [4.69, 9.17) is 4.74 Å². The van der Waals surface area contributed by atoms with E-state index in [0.717, 1.165) is 32.8 Å². The van der Waals surface area contributed by atoms with Crippen LogP contribution in [0.25, 0.3) is 0 Å². The molecule has 0 aromatic heterocycles.